The highest BCUT2D eigenvalue weighted by Gasteiger charge is 2.12. The first-order chi connectivity index (χ1) is 6.02. The fourth-order valence-corrected chi connectivity index (χ4v) is 1.52. The lowest BCUT2D eigenvalue weighted by Crippen LogP contribution is -2.18. The van der Waals surface area contributed by atoms with Crippen LogP contribution in [0.15, 0.2) is 21.2 Å². The third kappa shape index (κ3) is 2.76. The van der Waals surface area contributed by atoms with E-state index in [1.165, 1.54) is 0 Å². The molecular weight excluding hydrogens is 296 g/mol. The number of halogens is 2. The van der Waals surface area contributed by atoms with Crippen LogP contribution in [0.2, 0.25) is 0 Å². The Labute approximate surface area is 95.2 Å². The minimum Gasteiger partial charge on any atom is -0.322 e. The molecule has 0 fully saturated rings. The zero-order valence-electron chi connectivity index (χ0n) is 7.59. The first kappa shape index (κ1) is 11.1. The number of hydrogen-bond acceptors (Lipinski definition) is 2. The van der Waals surface area contributed by atoms with Crippen LogP contribution in [0.25, 0.3) is 0 Å². The van der Waals surface area contributed by atoms with Gasteiger partial charge in [0.15, 0.2) is 0 Å². The highest BCUT2D eigenvalue weighted by molar-refractivity contribution is 9.13. The fourth-order valence-electron chi connectivity index (χ4n) is 0.958. The van der Waals surface area contributed by atoms with Gasteiger partial charge in [-0.2, -0.15) is 0 Å². The van der Waals surface area contributed by atoms with E-state index in [-0.39, 0.29) is 6.04 Å². The largest absolute Gasteiger partial charge is 0.322 e. The van der Waals surface area contributed by atoms with Crippen molar-refractivity contribution in [3.63, 3.8) is 0 Å². The lowest BCUT2D eigenvalue weighted by molar-refractivity contribution is 0.502. The SMILES string of the molecule is CC(C)[C@@H](N)c1ccc(Br)c(Br)n1. The number of pyridine rings is 1. The predicted octanol–water partition coefficient (Wildman–Crippen LogP) is 3.26. The number of nitrogens with zero attached hydrogens (tertiary/aromatic N) is 1. The summed E-state index contributed by atoms with van der Waals surface area (Å²) >= 11 is 6.72. The van der Waals surface area contributed by atoms with E-state index in [1.807, 2.05) is 12.1 Å². The monoisotopic (exact) mass is 306 g/mol. The molecule has 0 saturated heterocycles. The van der Waals surface area contributed by atoms with Gasteiger partial charge in [0.05, 0.1) is 10.2 Å². The molecule has 0 aliphatic rings. The van der Waals surface area contributed by atoms with Gasteiger partial charge >= 0.3 is 0 Å². The molecule has 0 unspecified atom stereocenters. The number of nitrogens with two attached hydrogens (primary N) is 1. The number of aromatic nitrogens is 1. The summed E-state index contributed by atoms with van der Waals surface area (Å²) in [5.41, 5.74) is 6.88. The molecule has 0 aromatic carbocycles. The molecule has 0 aliphatic carbocycles. The third-order valence-corrected chi connectivity index (χ3v) is 3.66. The summed E-state index contributed by atoms with van der Waals surface area (Å²) in [4.78, 5) is 4.34. The van der Waals surface area contributed by atoms with E-state index >= 15 is 0 Å². The van der Waals surface area contributed by atoms with Crippen LogP contribution in [0.5, 0.6) is 0 Å². The van der Waals surface area contributed by atoms with Crippen molar-refractivity contribution in [3.8, 4) is 0 Å². The minimum absolute atomic E-state index is 0.00407. The highest BCUT2D eigenvalue weighted by atomic mass is 79.9. The topological polar surface area (TPSA) is 38.9 Å². The van der Waals surface area contributed by atoms with Crippen LogP contribution in [-0.4, -0.2) is 4.98 Å². The van der Waals surface area contributed by atoms with Crippen LogP contribution in [-0.2, 0) is 0 Å². The van der Waals surface area contributed by atoms with Crippen molar-refractivity contribution >= 4 is 31.9 Å². The lowest BCUT2D eigenvalue weighted by Gasteiger charge is -2.15. The number of rotatable bonds is 2. The van der Waals surface area contributed by atoms with Crippen LogP contribution in [0.1, 0.15) is 25.6 Å². The summed E-state index contributed by atoms with van der Waals surface area (Å²) in [6.07, 6.45) is 0. The molecule has 4 heteroatoms. The Morgan fingerprint density at radius 2 is 1.92 bits per heavy atom. The summed E-state index contributed by atoms with van der Waals surface area (Å²) in [6.45, 7) is 4.17. The van der Waals surface area contributed by atoms with Gasteiger partial charge in [-0.15, -0.1) is 0 Å². The maximum atomic E-state index is 5.96. The van der Waals surface area contributed by atoms with Crippen molar-refractivity contribution in [1.82, 2.24) is 4.98 Å². The predicted molar refractivity (Wildman–Crippen MR) is 61.4 cm³/mol. The molecule has 0 radical (unpaired) electrons. The van der Waals surface area contributed by atoms with E-state index in [1.54, 1.807) is 0 Å². The van der Waals surface area contributed by atoms with Crippen LogP contribution >= 0.6 is 31.9 Å². The van der Waals surface area contributed by atoms with Gasteiger partial charge < -0.3 is 5.73 Å². The van der Waals surface area contributed by atoms with Gasteiger partial charge in [-0.05, 0) is 49.9 Å². The summed E-state index contributed by atoms with van der Waals surface area (Å²) < 4.78 is 1.76. The van der Waals surface area contributed by atoms with E-state index < -0.39 is 0 Å². The summed E-state index contributed by atoms with van der Waals surface area (Å²) in [6, 6.07) is 3.90. The third-order valence-electron chi connectivity index (χ3n) is 1.88. The molecule has 0 bridgehead atoms. The molecule has 1 rings (SSSR count). The maximum Gasteiger partial charge on any atom is 0.120 e. The minimum atomic E-state index is 0.00407. The van der Waals surface area contributed by atoms with Crippen molar-refractivity contribution in [2.24, 2.45) is 11.7 Å². The summed E-state index contributed by atoms with van der Waals surface area (Å²) in [5.74, 6) is 0.403. The van der Waals surface area contributed by atoms with Gasteiger partial charge in [0, 0.05) is 6.04 Å². The van der Waals surface area contributed by atoms with Crippen molar-refractivity contribution < 1.29 is 0 Å². The Morgan fingerprint density at radius 1 is 1.31 bits per heavy atom. The molecule has 2 nitrogen and oxygen atoms in total. The van der Waals surface area contributed by atoms with Crippen molar-refractivity contribution in [3.05, 3.63) is 26.9 Å². The van der Waals surface area contributed by atoms with Crippen LogP contribution < -0.4 is 5.73 Å². The average Bonchev–Trinajstić information content (AvgIpc) is 2.08. The standard InChI is InChI=1S/C9H12Br2N2/c1-5(2)8(12)7-4-3-6(10)9(11)13-7/h3-5,8H,12H2,1-2H3/t8-/m1/s1. The fraction of sp³-hybridized carbons (Fsp3) is 0.444. The summed E-state index contributed by atoms with van der Waals surface area (Å²) in [7, 11) is 0. The second kappa shape index (κ2) is 4.53. The normalized spacial score (nSPS) is 13.4. The van der Waals surface area contributed by atoms with E-state index in [0.717, 1.165) is 14.8 Å². The van der Waals surface area contributed by atoms with Gasteiger partial charge in [0.2, 0.25) is 0 Å². The van der Waals surface area contributed by atoms with Crippen LogP contribution in [0, 0.1) is 5.92 Å². The molecule has 1 aromatic heterocycles. The van der Waals surface area contributed by atoms with Crippen molar-refractivity contribution in [1.29, 1.82) is 0 Å². The Hall–Kier alpha value is 0.0700. The Kier molecular flexibility index (Phi) is 3.88. The summed E-state index contributed by atoms with van der Waals surface area (Å²) in [5, 5.41) is 0. The smallest absolute Gasteiger partial charge is 0.120 e. The van der Waals surface area contributed by atoms with Gasteiger partial charge in [0.25, 0.3) is 0 Å². The molecule has 0 spiro atoms. The molecule has 0 saturated carbocycles. The second-order valence-corrected chi connectivity index (χ2v) is 4.88. The number of hydrogen-bond donors (Lipinski definition) is 1. The molecule has 0 amide bonds. The average molecular weight is 308 g/mol. The Morgan fingerprint density at radius 3 is 2.38 bits per heavy atom. The van der Waals surface area contributed by atoms with E-state index in [2.05, 4.69) is 50.7 Å². The van der Waals surface area contributed by atoms with Crippen molar-refractivity contribution in [2.75, 3.05) is 0 Å². The molecule has 13 heavy (non-hydrogen) atoms. The van der Waals surface area contributed by atoms with Gasteiger partial charge in [0.1, 0.15) is 4.60 Å². The lowest BCUT2D eigenvalue weighted by atomic mass is 10.0. The first-order valence-electron chi connectivity index (χ1n) is 4.10. The molecule has 1 aromatic rings. The van der Waals surface area contributed by atoms with Gasteiger partial charge in [-0.25, -0.2) is 4.98 Å². The van der Waals surface area contributed by atoms with E-state index in [0.29, 0.717) is 5.92 Å². The van der Waals surface area contributed by atoms with E-state index in [4.69, 9.17) is 5.73 Å². The molecule has 1 atom stereocenters. The second-order valence-electron chi connectivity index (χ2n) is 3.28. The Balaban J connectivity index is 2.97. The quantitative estimate of drug-likeness (QED) is 0.852. The zero-order valence-corrected chi connectivity index (χ0v) is 10.8. The van der Waals surface area contributed by atoms with Crippen molar-refractivity contribution in [2.45, 2.75) is 19.9 Å². The molecule has 1 heterocycles. The van der Waals surface area contributed by atoms with E-state index in [9.17, 15) is 0 Å². The molecule has 72 valence electrons. The Bertz CT molecular complexity index is 300. The molecular formula is C9H12Br2N2. The van der Waals surface area contributed by atoms with Gasteiger partial charge in [-0.3, -0.25) is 0 Å². The zero-order chi connectivity index (χ0) is 10.0. The molecule has 0 aliphatic heterocycles. The highest BCUT2D eigenvalue weighted by Crippen LogP contribution is 2.24. The molecule has 2 N–H and O–H groups in total. The van der Waals surface area contributed by atoms with Gasteiger partial charge in [-0.1, -0.05) is 13.8 Å². The first-order valence-corrected chi connectivity index (χ1v) is 5.68. The van der Waals surface area contributed by atoms with Crippen LogP contribution in [0.4, 0.5) is 0 Å². The van der Waals surface area contributed by atoms with Crippen LogP contribution in [0.3, 0.4) is 0 Å². The maximum absolute atomic E-state index is 5.96.